The number of aromatic carboxylic acids is 1. The van der Waals surface area contributed by atoms with E-state index in [0.29, 0.717) is 0 Å². The highest BCUT2D eigenvalue weighted by molar-refractivity contribution is 6.02. The monoisotopic (exact) mass is 294 g/mol. The molecule has 10 heteroatoms. The first-order valence-corrected chi connectivity index (χ1v) is 6.29. The van der Waals surface area contributed by atoms with Crippen LogP contribution in [0.1, 0.15) is 16.8 Å². The smallest absolute Gasteiger partial charge is 0.341 e. The van der Waals surface area contributed by atoms with Crippen molar-refractivity contribution in [1.82, 2.24) is 9.78 Å². The van der Waals surface area contributed by atoms with Gasteiger partial charge in [0, 0.05) is 24.4 Å². The molecule has 2 rings (SSSR count). The number of amides is 1. The van der Waals surface area contributed by atoms with Crippen LogP contribution in [0.25, 0.3) is 10.4 Å². The maximum atomic E-state index is 12.1. The molecule has 0 aromatic carbocycles. The van der Waals surface area contributed by atoms with Crippen LogP contribution in [0.4, 0.5) is 5.82 Å². The average molecular weight is 294 g/mol. The topological polar surface area (TPSA) is 144 Å². The zero-order valence-corrected chi connectivity index (χ0v) is 11.1. The van der Waals surface area contributed by atoms with Crippen molar-refractivity contribution in [1.29, 1.82) is 0 Å². The lowest BCUT2D eigenvalue weighted by Gasteiger charge is -2.18. The first-order chi connectivity index (χ1) is 10.1. The quantitative estimate of drug-likeness (QED) is 0.438. The highest BCUT2D eigenvalue weighted by Crippen LogP contribution is 2.28. The van der Waals surface area contributed by atoms with Crippen molar-refractivity contribution >= 4 is 17.7 Å². The summed E-state index contributed by atoms with van der Waals surface area (Å²) in [5, 5.41) is 25.5. The third-order valence-electron chi connectivity index (χ3n) is 3.22. The molecule has 10 nitrogen and oxygen atoms in total. The van der Waals surface area contributed by atoms with E-state index in [1.807, 2.05) is 0 Å². The van der Waals surface area contributed by atoms with Gasteiger partial charge in [-0.25, -0.2) is 9.48 Å². The SMILES string of the molecule is [N-]=[N+]=NCC1CC(=O)N(c2c(C(=O)O)cnn2CCO)C1. The second-order valence-electron chi connectivity index (χ2n) is 4.62. The first-order valence-electron chi connectivity index (χ1n) is 6.29. The molecule has 112 valence electrons. The van der Waals surface area contributed by atoms with Crippen molar-refractivity contribution in [2.24, 2.45) is 11.0 Å². The van der Waals surface area contributed by atoms with Gasteiger partial charge >= 0.3 is 5.97 Å². The van der Waals surface area contributed by atoms with Gasteiger partial charge in [0.25, 0.3) is 0 Å². The fourth-order valence-electron chi connectivity index (χ4n) is 2.33. The Bertz CT molecular complexity index is 606. The van der Waals surface area contributed by atoms with Crippen molar-refractivity contribution < 1.29 is 19.8 Å². The highest BCUT2D eigenvalue weighted by Gasteiger charge is 2.34. The molecule has 0 spiro atoms. The van der Waals surface area contributed by atoms with Crippen LogP contribution in [-0.4, -0.2) is 51.6 Å². The lowest BCUT2D eigenvalue weighted by atomic mass is 10.1. The van der Waals surface area contributed by atoms with Crippen LogP contribution in [-0.2, 0) is 11.3 Å². The van der Waals surface area contributed by atoms with Crippen LogP contribution in [0.3, 0.4) is 0 Å². The molecule has 0 radical (unpaired) electrons. The summed E-state index contributed by atoms with van der Waals surface area (Å²) in [6, 6.07) is 0. The van der Waals surface area contributed by atoms with E-state index in [9.17, 15) is 14.7 Å². The summed E-state index contributed by atoms with van der Waals surface area (Å²) in [6.45, 7) is 0.301. The van der Waals surface area contributed by atoms with E-state index in [4.69, 9.17) is 10.6 Å². The van der Waals surface area contributed by atoms with Gasteiger partial charge in [0.15, 0.2) is 0 Å². The normalized spacial score (nSPS) is 17.9. The molecule has 1 aromatic rings. The largest absolute Gasteiger partial charge is 0.477 e. The van der Waals surface area contributed by atoms with Gasteiger partial charge in [0.05, 0.1) is 19.3 Å². The number of nitrogens with zero attached hydrogens (tertiary/aromatic N) is 6. The molecule has 1 aliphatic rings. The number of carbonyl (C=O) groups is 2. The number of carboxylic acid groups (broad SMARTS) is 1. The summed E-state index contributed by atoms with van der Waals surface area (Å²) < 4.78 is 1.29. The van der Waals surface area contributed by atoms with Crippen LogP contribution in [0, 0.1) is 5.92 Å². The molecule has 2 N–H and O–H groups in total. The zero-order valence-electron chi connectivity index (χ0n) is 11.1. The average Bonchev–Trinajstić information content (AvgIpc) is 3.00. The van der Waals surface area contributed by atoms with Gasteiger partial charge < -0.3 is 10.2 Å². The lowest BCUT2D eigenvalue weighted by Crippen LogP contribution is -2.29. The van der Waals surface area contributed by atoms with E-state index in [2.05, 4.69) is 15.1 Å². The van der Waals surface area contributed by atoms with Crippen molar-refractivity contribution in [3.8, 4) is 0 Å². The molecule has 0 bridgehead atoms. The summed E-state index contributed by atoms with van der Waals surface area (Å²) in [5.74, 6) is -1.45. The molecule has 21 heavy (non-hydrogen) atoms. The van der Waals surface area contributed by atoms with Crippen molar-refractivity contribution in [2.75, 3.05) is 24.6 Å². The van der Waals surface area contributed by atoms with E-state index < -0.39 is 5.97 Å². The minimum Gasteiger partial charge on any atom is -0.477 e. The summed E-state index contributed by atoms with van der Waals surface area (Å²) in [4.78, 5) is 27.3. The predicted molar refractivity (Wildman–Crippen MR) is 70.7 cm³/mol. The number of hydrogen-bond acceptors (Lipinski definition) is 5. The minimum atomic E-state index is -1.19. The van der Waals surface area contributed by atoms with Crippen molar-refractivity contribution in [3.63, 3.8) is 0 Å². The Kier molecular flexibility index (Phi) is 4.41. The lowest BCUT2D eigenvalue weighted by molar-refractivity contribution is -0.117. The second-order valence-corrected chi connectivity index (χ2v) is 4.62. The maximum absolute atomic E-state index is 12.1. The minimum absolute atomic E-state index is 0.0907. The zero-order chi connectivity index (χ0) is 15.4. The van der Waals surface area contributed by atoms with Gasteiger partial charge in [0.2, 0.25) is 5.91 Å². The van der Waals surface area contributed by atoms with Gasteiger partial charge in [-0.15, -0.1) is 0 Å². The molecule has 1 aromatic heterocycles. The van der Waals surface area contributed by atoms with Gasteiger partial charge in [-0.2, -0.15) is 5.10 Å². The van der Waals surface area contributed by atoms with Crippen LogP contribution in [0.2, 0.25) is 0 Å². The fraction of sp³-hybridized carbons (Fsp3) is 0.545. The Labute approximate surface area is 119 Å². The standard InChI is InChI=1S/C11H14N6O4/c12-15-13-4-7-3-9(19)16(6-7)10-8(11(20)21)5-14-17(10)1-2-18/h5,7,18H,1-4,6H2,(H,20,21). The molecular weight excluding hydrogens is 280 g/mol. The molecule has 1 unspecified atom stereocenters. The van der Waals surface area contributed by atoms with Gasteiger partial charge in [-0.1, -0.05) is 5.11 Å². The number of aliphatic hydroxyl groups is 1. The summed E-state index contributed by atoms with van der Waals surface area (Å²) in [7, 11) is 0. The summed E-state index contributed by atoms with van der Waals surface area (Å²) >= 11 is 0. The number of anilines is 1. The molecule has 1 amide bonds. The van der Waals surface area contributed by atoms with Gasteiger partial charge in [-0.05, 0) is 11.4 Å². The number of rotatable bonds is 6. The number of aromatic nitrogens is 2. The Hall–Kier alpha value is -2.58. The molecule has 1 saturated heterocycles. The van der Waals surface area contributed by atoms with Crippen LogP contribution in [0.15, 0.2) is 11.3 Å². The Morgan fingerprint density at radius 1 is 1.62 bits per heavy atom. The number of hydrogen-bond donors (Lipinski definition) is 2. The van der Waals surface area contributed by atoms with E-state index >= 15 is 0 Å². The third-order valence-corrected chi connectivity index (χ3v) is 3.22. The number of carbonyl (C=O) groups excluding carboxylic acids is 1. The molecular formula is C11H14N6O4. The fourth-order valence-corrected chi connectivity index (χ4v) is 2.33. The van der Waals surface area contributed by atoms with Crippen molar-refractivity contribution in [3.05, 3.63) is 22.2 Å². The number of carboxylic acids is 1. The summed E-state index contributed by atoms with van der Waals surface area (Å²) in [5.41, 5.74) is 8.22. The first kappa shape index (κ1) is 14.8. The number of aliphatic hydroxyl groups excluding tert-OH is 1. The van der Waals surface area contributed by atoms with Crippen LogP contribution < -0.4 is 4.90 Å². The molecule has 1 aliphatic heterocycles. The number of azide groups is 1. The van der Waals surface area contributed by atoms with E-state index in [1.165, 1.54) is 9.58 Å². The Morgan fingerprint density at radius 3 is 3.00 bits per heavy atom. The van der Waals surface area contributed by atoms with E-state index in [-0.39, 0.29) is 55.9 Å². The molecule has 0 aliphatic carbocycles. The van der Waals surface area contributed by atoms with E-state index in [0.717, 1.165) is 6.20 Å². The third kappa shape index (κ3) is 2.96. The molecule has 1 atom stereocenters. The van der Waals surface area contributed by atoms with Gasteiger partial charge in [0.1, 0.15) is 11.4 Å². The Balaban J connectivity index is 2.31. The maximum Gasteiger partial charge on any atom is 0.341 e. The van der Waals surface area contributed by atoms with Crippen molar-refractivity contribution in [2.45, 2.75) is 13.0 Å². The van der Waals surface area contributed by atoms with Crippen LogP contribution >= 0.6 is 0 Å². The molecule has 0 saturated carbocycles. The predicted octanol–water partition coefficient (Wildman–Crippen LogP) is 0.237. The second kappa shape index (κ2) is 6.25. The molecule has 1 fully saturated rings. The highest BCUT2D eigenvalue weighted by atomic mass is 16.4. The van der Waals surface area contributed by atoms with Gasteiger partial charge in [-0.3, -0.25) is 9.69 Å². The summed E-state index contributed by atoms with van der Waals surface area (Å²) in [6.07, 6.45) is 1.34. The van der Waals surface area contributed by atoms with E-state index in [1.54, 1.807) is 0 Å². The Morgan fingerprint density at radius 2 is 2.38 bits per heavy atom. The molecule has 2 heterocycles. The van der Waals surface area contributed by atoms with Crippen LogP contribution in [0.5, 0.6) is 0 Å².